The Labute approximate surface area is 194 Å². The second-order valence-electron chi connectivity index (χ2n) is 9.25. The molecule has 1 spiro atoms. The van der Waals surface area contributed by atoms with Gasteiger partial charge in [-0.1, -0.05) is 6.07 Å². The molecule has 0 aromatic heterocycles. The van der Waals surface area contributed by atoms with Gasteiger partial charge in [-0.3, -0.25) is 5.43 Å². The van der Waals surface area contributed by atoms with Crippen LogP contribution in [0.25, 0.3) is 0 Å². The summed E-state index contributed by atoms with van der Waals surface area (Å²) in [4.78, 5) is 0. The fraction of sp³-hybridized carbons (Fsp3) is 0.417. The Morgan fingerprint density at radius 3 is 2.56 bits per heavy atom. The van der Waals surface area contributed by atoms with Gasteiger partial charge in [0.2, 0.25) is 5.71 Å². The Kier molecular flexibility index (Phi) is 5.93. The lowest BCUT2D eigenvalue weighted by molar-refractivity contribution is -0.568. The summed E-state index contributed by atoms with van der Waals surface area (Å²) < 4.78 is 53.8. The number of halogens is 4. The number of alkyl halides is 3. The van der Waals surface area contributed by atoms with Crippen molar-refractivity contribution in [1.29, 1.82) is 0 Å². The van der Waals surface area contributed by atoms with Crippen molar-refractivity contribution in [2.45, 2.75) is 63.8 Å². The zero-order chi connectivity index (χ0) is 24.9. The van der Waals surface area contributed by atoms with Crippen molar-refractivity contribution in [3.8, 4) is 0 Å². The number of benzene rings is 2. The normalized spacial score (nSPS) is 24.3. The number of nitrogens with zero attached hydrogens (tertiary/aromatic N) is 3. The highest BCUT2D eigenvalue weighted by Gasteiger charge is 2.65. The number of rotatable bonds is 3. The molecule has 4 rings (SSSR count). The fourth-order valence-corrected chi connectivity index (χ4v) is 4.84. The molecule has 182 valence electrons. The minimum atomic E-state index is -4.50. The van der Waals surface area contributed by atoms with E-state index in [-0.39, 0.29) is 17.8 Å². The number of hydrogen-bond acceptors (Lipinski definition) is 5. The fourth-order valence-electron chi connectivity index (χ4n) is 4.84. The van der Waals surface area contributed by atoms with Crippen molar-refractivity contribution < 1.29 is 27.5 Å². The van der Waals surface area contributed by atoms with Crippen LogP contribution in [0.4, 0.5) is 23.2 Å². The van der Waals surface area contributed by atoms with Gasteiger partial charge in [-0.05, 0) is 82.0 Å². The maximum Gasteiger partial charge on any atom is 0.416 e. The van der Waals surface area contributed by atoms with Crippen molar-refractivity contribution in [2.24, 2.45) is 5.10 Å². The lowest BCUT2D eigenvalue weighted by Gasteiger charge is -2.38. The minimum absolute atomic E-state index is 0.112. The highest BCUT2D eigenvalue weighted by atomic mass is 19.4. The molecule has 2 aromatic rings. The Morgan fingerprint density at radius 2 is 1.88 bits per heavy atom. The lowest BCUT2D eigenvalue weighted by Crippen LogP contribution is -2.61. The molecule has 1 heterocycles. The third-order valence-electron chi connectivity index (χ3n) is 6.59. The summed E-state index contributed by atoms with van der Waals surface area (Å²) in [5.74, 6) is -0.404. The number of hydroxylamine groups is 3. The molecule has 34 heavy (non-hydrogen) atoms. The standard InChI is InChI=1S/C24H26F4N4O2/c1-15-13-16(10-11-19(15)25)21-22(2,3)32(34)23(31(21)33)12-5-4-9-20(23)30-29-18-8-6-7-17(14-18)24(26,27)28/h6-8,10-11,13-14,29,34H,4-5,9,12H2,1-3H3/b30-20-/t23-/m0/s1. The summed E-state index contributed by atoms with van der Waals surface area (Å²) in [5, 5.41) is 30.5. The largest absolute Gasteiger partial charge is 0.622 e. The minimum Gasteiger partial charge on any atom is -0.622 e. The lowest BCUT2D eigenvalue weighted by atomic mass is 9.86. The first-order valence-electron chi connectivity index (χ1n) is 11.0. The van der Waals surface area contributed by atoms with E-state index in [1.807, 2.05) is 0 Å². The van der Waals surface area contributed by atoms with E-state index in [4.69, 9.17) is 0 Å². The van der Waals surface area contributed by atoms with Crippen LogP contribution >= 0.6 is 0 Å². The molecule has 0 amide bonds. The van der Waals surface area contributed by atoms with Crippen molar-refractivity contribution in [3.63, 3.8) is 0 Å². The van der Waals surface area contributed by atoms with Crippen LogP contribution in [0.15, 0.2) is 47.6 Å². The molecule has 2 aromatic carbocycles. The molecule has 0 bridgehead atoms. The maximum atomic E-state index is 13.9. The van der Waals surface area contributed by atoms with Crippen LogP contribution in [-0.4, -0.2) is 37.6 Å². The summed E-state index contributed by atoms with van der Waals surface area (Å²) in [5.41, 5.74) is 0.672. The van der Waals surface area contributed by atoms with Crippen molar-refractivity contribution in [3.05, 3.63) is 70.2 Å². The molecule has 1 aliphatic carbocycles. The Balaban J connectivity index is 1.79. The number of anilines is 1. The molecule has 1 fully saturated rings. The zero-order valence-electron chi connectivity index (χ0n) is 19.1. The van der Waals surface area contributed by atoms with Gasteiger partial charge in [0.1, 0.15) is 17.1 Å². The van der Waals surface area contributed by atoms with Gasteiger partial charge < -0.3 is 10.4 Å². The predicted molar refractivity (Wildman–Crippen MR) is 120 cm³/mol. The Hall–Kier alpha value is -2.98. The van der Waals surface area contributed by atoms with Gasteiger partial charge in [0.05, 0.1) is 11.3 Å². The van der Waals surface area contributed by atoms with E-state index in [1.165, 1.54) is 24.3 Å². The highest BCUT2D eigenvalue weighted by molar-refractivity contribution is 6.07. The van der Waals surface area contributed by atoms with E-state index in [1.54, 1.807) is 26.8 Å². The topological polar surface area (TPSA) is 73.9 Å². The van der Waals surface area contributed by atoms with Gasteiger partial charge in [-0.15, -0.1) is 5.06 Å². The summed E-state index contributed by atoms with van der Waals surface area (Å²) >= 11 is 0. The molecule has 2 N–H and O–H groups in total. The zero-order valence-corrected chi connectivity index (χ0v) is 19.1. The van der Waals surface area contributed by atoms with Crippen molar-refractivity contribution in [1.82, 2.24) is 5.06 Å². The van der Waals surface area contributed by atoms with Crippen molar-refractivity contribution >= 4 is 17.1 Å². The molecule has 0 unspecified atom stereocenters. The summed E-state index contributed by atoms with van der Waals surface area (Å²) in [7, 11) is 0. The predicted octanol–water partition coefficient (Wildman–Crippen LogP) is 5.67. The first-order valence-corrected chi connectivity index (χ1v) is 11.0. The maximum absolute atomic E-state index is 13.9. The van der Waals surface area contributed by atoms with E-state index in [0.717, 1.165) is 21.9 Å². The molecule has 1 atom stereocenters. The molecule has 10 heteroatoms. The van der Waals surface area contributed by atoms with Gasteiger partial charge in [-0.25, -0.2) is 4.39 Å². The second kappa shape index (κ2) is 8.35. The number of hydrazone groups is 1. The van der Waals surface area contributed by atoms with Gasteiger partial charge in [0.25, 0.3) is 5.66 Å². The third-order valence-corrected chi connectivity index (χ3v) is 6.59. The van der Waals surface area contributed by atoms with E-state index < -0.39 is 28.8 Å². The van der Waals surface area contributed by atoms with E-state index in [9.17, 15) is 28.0 Å². The first kappa shape index (κ1) is 24.2. The van der Waals surface area contributed by atoms with Crippen LogP contribution < -0.4 is 5.43 Å². The van der Waals surface area contributed by atoms with Gasteiger partial charge >= 0.3 is 6.18 Å². The summed E-state index contributed by atoms with van der Waals surface area (Å²) in [6.07, 6.45) is -2.52. The molecule has 0 saturated heterocycles. The monoisotopic (exact) mass is 478 g/mol. The van der Waals surface area contributed by atoms with E-state index >= 15 is 0 Å². The molecule has 1 aliphatic heterocycles. The molecule has 2 aliphatic rings. The third kappa shape index (κ3) is 3.84. The quantitative estimate of drug-likeness (QED) is 0.258. The number of hydrogen-bond donors (Lipinski definition) is 2. The van der Waals surface area contributed by atoms with Crippen LogP contribution in [0, 0.1) is 17.9 Å². The van der Waals surface area contributed by atoms with Gasteiger partial charge in [0, 0.05) is 12.0 Å². The van der Waals surface area contributed by atoms with E-state index in [0.29, 0.717) is 36.1 Å². The van der Waals surface area contributed by atoms with Crippen LogP contribution in [0.3, 0.4) is 0 Å². The average Bonchev–Trinajstić information content (AvgIpc) is 2.92. The van der Waals surface area contributed by atoms with Crippen molar-refractivity contribution in [2.75, 3.05) is 5.43 Å². The summed E-state index contributed by atoms with van der Waals surface area (Å²) in [6, 6.07) is 8.94. The Morgan fingerprint density at radius 1 is 1.15 bits per heavy atom. The first-order chi connectivity index (χ1) is 15.9. The number of nitrogens with one attached hydrogen (secondary N) is 1. The van der Waals surface area contributed by atoms with E-state index in [2.05, 4.69) is 10.5 Å². The molecular formula is C24H26F4N4O2. The molecule has 6 nitrogen and oxygen atoms in total. The molecule has 1 saturated carbocycles. The Bertz CT molecular complexity index is 1180. The van der Waals surface area contributed by atoms with Crippen LogP contribution in [0.5, 0.6) is 0 Å². The second-order valence-corrected chi connectivity index (χ2v) is 9.25. The summed E-state index contributed by atoms with van der Waals surface area (Å²) in [6.45, 7) is 4.97. The van der Waals surface area contributed by atoms with Gasteiger partial charge in [0.15, 0.2) is 0 Å². The molecular weight excluding hydrogens is 452 g/mol. The SMILES string of the molecule is Cc1cc(C2=[N+]([O-])[C@@]3(CCCC/C3=N/Nc3cccc(C(F)(F)F)c3)N(O)C2(C)C)ccc1F. The average molecular weight is 478 g/mol. The van der Waals surface area contributed by atoms with Crippen LogP contribution in [0.1, 0.15) is 56.2 Å². The van der Waals surface area contributed by atoms with Crippen LogP contribution in [-0.2, 0) is 6.18 Å². The molecule has 0 radical (unpaired) electrons. The number of aryl methyl sites for hydroxylation is 1. The van der Waals surface area contributed by atoms with Crippen LogP contribution in [0.2, 0.25) is 0 Å². The van der Waals surface area contributed by atoms with Gasteiger partial charge in [-0.2, -0.15) is 23.0 Å². The highest BCUT2D eigenvalue weighted by Crippen LogP contribution is 2.43. The smallest absolute Gasteiger partial charge is 0.416 e.